The van der Waals surface area contributed by atoms with E-state index in [1.165, 1.54) is 0 Å². The number of aliphatic imine (C=N–C) groups is 1. The van der Waals surface area contributed by atoms with Gasteiger partial charge in [0.1, 0.15) is 5.15 Å². The highest BCUT2D eigenvalue weighted by atomic mass is 35.5. The number of hydrogen-bond donors (Lipinski definition) is 3. The smallest absolute Gasteiger partial charge is 0.240 e. The van der Waals surface area contributed by atoms with Crippen LogP contribution in [0.4, 0.5) is 0 Å². The molecular formula is C18H25Cl2N5O2S. The summed E-state index contributed by atoms with van der Waals surface area (Å²) in [5, 5.41) is 7.17. The molecule has 2 aromatic rings. The minimum Gasteiger partial charge on any atom is -0.357 e. The molecule has 154 valence electrons. The molecule has 1 aromatic carbocycles. The van der Waals surface area contributed by atoms with Crippen molar-refractivity contribution in [2.75, 3.05) is 19.6 Å². The summed E-state index contributed by atoms with van der Waals surface area (Å²) in [4.78, 5) is 4.73. The molecule has 0 radical (unpaired) electrons. The Morgan fingerprint density at radius 2 is 1.82 bits per heavy atom. The fourth-order valence-electron chi connectivity index (χ4n) is 2.41. The predicted octanol–water partition coefficient (Wildman–Crippen LogP) is 2.67. The molecule has 0 aliphatic heterocycles. The molecule has 0 bridgehead atoms. The van der Waals surface area contributed by atoms with Gasteiger partial charge in [-0.15, -0.1) is 0 Å². The number of halogens is 2. The fourth-order valence-corrected chi connectivity index (χ4v) is 3.86. The lowest BCUT2D eigenvalue weighted by atomic mass is 10.2. The van der Waals surface area contributed by atoms with Crippen LogP contribution in [0.25, 0.3) is 0 Å². The van der Waals surface area contributed by atoms with E-state index in [9.17, 15) is 8.42 Å². The van der Waals surface area contributed by atoms with Crippen LogP contribution in [0, 0.1) is 6.92 Å². The molecule has 0 amide bonds. The van der Waals surface area contributed by atoms with Crippen LogP contribution in [0.2, 0.25) is 10.2 Å². The highest BCUT2D eigenvalue weighted by Crippen LogP contribution is 2.25. The van der Waals surface area contributed by atoms with Gasteiger partial charge in [0.25, 0.3) is 0 Å². The van der Waals surface area contributed by atoms with E-state index in [0.29, 0.717) is 35.8 Å². The van der Waals surface area contributed by atoms with E-state index in [2.05, 4.69) is 20.3 Å². The zero-order valence-corrected chi connectivity index (χ0v) is 18.4. The standard InChI is InChI=1S/C18H25Cl2N5O2S/c1-4-21-18(23-12-14-11-16(19)17(20)25(14)3)22-9-10-24-28(26,27)15-7-5-13(2)6-8-15/h5-8,11,24H,4,9-10,12H2,1-3H3,(H2,21,22,23). The molecule has 28 heavy (non-hydrogen) atoms. The molecule has 1 aromatic heterocycles. The summed E-state index contributed by atoms with van der Waals surface area (Å²) >= 11 is 12.1. The van der Waals surface area contributed by atoms with Crippen LogP contribution < -0.4 is 15.4 Å². The number of benzene rings is 1. The maximum Gasteiger partial charge on any atom is 0.240 e. The van der Waals surface area contributed by atoms with Gasteiger partial charge in [-0.25, -0.2) is 18.1 Å². The van der Waals surface area contributed by atoms with E-state index in [4.69, 9.17) is 23.2 Å². The van der Waals surface area contributed by atoms with E-state index in [1.807, 2.05) is 20.9 Å². The van der Waals surface area contributed by atoms with Crippen molar-refractivity contribution in [2.24, 2.45) is 12.0 Å². The number of nitrogens with zero attached hydrogens (tertiary/aromatic N) is 2. The summed E-state index contributed by atoms with van der Waals surface area (Å²) in [6.45, 7) is 5.52. The van der Waals surface area contributed by atoms with Gasteiger partial charge in [0, 0.05) is 32.4 Å². The largest absolute Gasteiger partial charge is 0.357 e. The van der Waals surface area contributed by atoms with Gasteiger partial charge in [0.2, 0.25) is 10.0 Å². The molecule has 0 saturated carbocycles. The normalized spacial score (nSPS) is 12.2. The van der Waals surface area contributed by atoms with Gasteiger partial charge in [0.15, 0.2) is 5.96 Å². The number of hydrogen-bond acceptors (Lipinski definition) is 3. The van der Waals surface area contributed by atoms with Crippen LogP contribution in [0.5, 0.6) is 0 Å². The van der Waals surface area contributed by atoms with E-state index < -0.39 is 10.0 Å². The average Bonchev–Trinajstić information content (AvgIpc) is 2.90. The molecule has 0 spiro atoms. The van der Waals surface area contributed by atoms with Crippen LogP contribution in [0.15, 0.2) is 40.2 Å². The van der Waals surface area contributed by atoms with E-state index in [1.54, 1.807) is 34.9 Å². The molecule has 0 fully saturated rings. The van der Waals surface area contributed by atoms with Gasteiger partial charge in [-0.05, 0) is 32.0 Å². The summed E-state index contributed by atoms with van der Waals surface area (Å²) in [6.07, 6.45) is 0. The summed E-state index contributed by atoms with van der Waals surface area (Å²) in [7, 11) is -1.71. The van der Waals surface area contributed by atoms with E-state index in [0.717, 1.165) is 11.3 Å². The molecule has 0 saturated heterocycles. The monoisotopic (exact) mass is 445 g/mol. The third kappa shape index (κ3) is 6.13. The Morgan fingerprint density at radius 3 is 2.39 bits per heavy atom. The average molecular weight is 446 g/mol. The molecule has 10 heteroatoms. The Bertz CT molecular complexity index is 924. The molecule has 7 nitrogen and oxygen atoms in total. The lowest BCUT2D eigenvalue weighted by Gasteiger charge is -2.12. The summed E-state index contributed by atoms with van der Waals surface area (Å²) in [6, 6.07) is 8.49. The second kappa shape index (κ2) is 10.2. The van der Waals surface area contributed by atoms with Gasteiger partial charge in [0.05, 0.1) is 16.5 Å². The summed E-state index contributed by atoms with van der Waals surface area (Å²) in [5.41, 5.74) is 1.88. The van der Waals surface area contributed by atoms with Crippen molar-refractivity contribution < 1.29 is 8.42 Å². The third-order valence-electron chi connectivity index (χ3n) is 4.00. The van der Waals surface area contributed by atoms with Crippen molar-refractivity contribution in [1.82, 2.24) is 19.9 Å². The number of rotatable bonds is 8. The van der Waals surface area contributed by atoms with Gasteiger partial charge >= 0.3 is 0 Å². The van der Waals surface area contributed by atoms with Crippen LogP contribution in [-0.2, 0) is 23.6 Å². The Balaban J connectivity index is 1.90. The van der Waals surface area contributed by atoms with Crippen LogP contribution in [0.1, 0.15) is 18.2 Å². The molecule has 0 unspecified atom stereocenters. The number of aryl methyl sites for hydroxylation is 1. The van der Waals surface area contributed by atoms with Crippen molar-refractivity contribution >= 4 is 39.2 Å². The first-order valence-corrected chi connectivity index (χ1v) is 11.1. The SMILES string of the molecule is CCNC(=NCc1cc(Cl)c(Cl)n1C)NCCNS(=O)(=O)c1ccc(C)cc1. The van der Waals surface area contributed by atoms with E-state index in [-0.39, 0.29) is 11.4 Å². The zero-order chi connectivity index (χ0) is 20.7. The van der Waals surface area contributed by atoms with Gasteiger partial charge in [-0.2, -0.15) is 0 Å². The van der Waals surface area contributed by atoms with Gasteiger partial charge in [-0.1, -0.05) is 40.9 Å². The topological polar surface area (TPSA) is 87.5 Å². The molecule has 0 aliphatic rings. The van der Waals surface area contributed by atoms with Crippen molar-refractivity contribution in [2.45, 2.75) is 25.3 Å². The third-order valence-corrected chi connectivity index (χ3v) is 6.32. The number of aromatic nitrogens is 1. The second-order valence-corrected chi connectivity index (χ2v) is 8.70. The highest BCUT2D eigenvalue weighted by molar-refractivity contribution is 7.89. The number of guanidine groups is 1. The van der Waals surface area contributed by atoms with Crippen LogP contribution >= 0.6 is 23.2 Å². The number of sulfonamides is 1. The fraction of sp³-hybridized carbons (Fsp3) is 0.389. The molecule has 0 aliphatic carbocycles. The first kappa shape index (κ1) is 22.5. The lowest BCUT2D eigenvalue weighted by Crippen LogP contribution is -2.41. The summed E-state index contributed by atoms with van der Waals surface area (Å²) < 4.78 is 28.9. The van der Waals surface area contributed by atoms with Crippen LogP contribution in [0.3, 0.4) is 0 Å². The minimum atomic E-state index is -3.53. The van der Waals surface area contributed by atoms with Crippen molar-refractivity contribution in [1.29, 1.82) is 0 Å². The summed E-state index contributed by atoms with van der Waals surface area (Å²) in [5.74, 6) is 0.575. The molecule has 0 atom stereocenters. The van der Waals surface area contributed by atoms with Crippen molar-refractivity contribution in [3.8, 4) is 0 Å². The molecule has 1 heterocycles. The second-order valence-electron chi connectivity index (χ2n) is 6.17. The Morgan fingerprint density at radius 1 is 1.14 bits per heavy atom. The predicted molar refractivity (Wildman–Crippen MR) is 115 cm³/mol. The Labute approximate surface area is 176 Å². The van der Waals surface area contributed by atoms with Gasteiger partial charge < -0.3 is 15.2 Å². The maximum absolute atomic E-state index is 12.3. The van der Waals surface area contributed by atoms with Crippen molar-refractivity contribution in [3.05, 3.63) is 51.8 Å². The minimum absolute atomic E-state index is 0.225. The molecule has 3 N–H and O–H groups in total. The lowest BCUT2D eigenvalue weighted by molar-refractivity contribution is 0.580. The quantitative estimate of drug-likeness (QED) is 0.331. The first-order valence-electron chi connectivity index (χ1n) is 8.82. The highest BCUT2D eigenvalue weighted by Gasteiger charge is 2.13. The van der Waals surface area contributed by atoms with Gasteiger partial charge in [-0.3, -0.25) is 0 Å². The zero-order valence-electron chi connectivity index (χ0n) is 16.1. The molecule has 2 rings (SSSR count). The number of nitrogens with one attached hydrogen (secondary N) is 3. The maximum atomic E-state index is 12.3. The molecular weight excluding hydrogens is 421 g/mol. The Hall–Kier alpha value is -1.74. The van der Waals surface area contributed by atoms with Crippen molar-refractivity contribution in [3.63, 3.8) is 0 Å². The van der Waals surface area contributed by atoms with Crippen LogP contribution in [-0.4, -0.2) is 38.6 Å². The first-order chi connectivity index (χ1) is 13.2. The van der Waals surface area contributed by atoms with E-state index >= 15 is 0 Å². The Kier molecular flexibility index (Phi) is 8.18.